The number of nitrogens with zero attached hydrogens (tertiary/aromatic N) is 2. The minimum Gasteiger partial charge on any atom is -0.500 e. The van der Waals surface area contributed by atoms with Gasteiger partial charge in [-0.25, -0.2) is 4.68 Å². The maximum atomic E-state index is 5.10. The highest BCUT2D eigenvalue weighted by Crippen LogP contribution is 2.26. The molecule has 0 fully saturated rings. The van der Waals surface area contributed by atoms with Crippen LogP contribution in [0.15, 0.2) is 36.5 Å². The number of para-hydroxylation sites is 1. The molecule has 3 heteroatoms. The Morgan fingerprint density at radius 1 is 1.17 bits per heavy atom. The molecule has 3 rings (SSSR count). The van der Waals surface area contributed by atoms with E-state index in [1.807, 2.05) is 36.5 Å². The molecule has 0 aliphatic carbocycles. The number of pyridine rings is 1. The van der Waals surface area contributed by atoms with Gasteiger partial charge in [-0.05, 0) is 18.2 Å². The van der Waals surface area contributed by atoms with E-state index in [0.717, 1.165) is 16.7 Å². The van der Waals surface area contributed by atoms with Crippen LogP contribution in [0, 0.1) is 0 Å². The van der Waals surface area contributed by atoms with E-state index in [4.69, 9.17) is 4.84 Å². The first-order valence-electron chi connectivity index (χ1n) is 3.77. The summed E-state index contributed by atoms with van der Waals surface area (Å²) >= 11 is 0. The van der Waals surface area contributed by atoms with Crippen LogP contribution in [-0.4, -0.2) is 0 Å². The Labute approximate surface area is 69.1 Å². The van der Waals surface area contributed by atoms with E-state index in [1.54, 1.807) is 4.68 Å². The first-order valence-corrected chi connectivity index (χ1v) is 3.77. The van der Waals surface area contributed by atoms with E-state index >= 15 is 0 Å². The van der Waals surface area contributed by atoms with E-state index in [9.17, 15) is 0 Å². The van der Waals surface area contributed by atoms with Gasteiger partial charge in [0.15, 0.2) is 11.9 Å². The highest BCUT2D eigenvalue weighted by molar-refractivity contribution is 5.82. The molecule has 0 saturated heterocycles. The van der Waals surface area contributed by atoms with Crippen LogP contribution in [0.25, 0.3) is 16.5 Å². The van der Waals surface area contributed by atoms with Crippen molar-refractivity contribution in [2.24, 2.45) is 0 Å². The van der Waals surface area contributed by atoms with E-state index < -0.39 is 0 Å². The topological polar surface area (TPSA) is 27.2 Å². The molecule has 1 aliphatic rings. The molecule has 0 N–H and O–H groups in total. The molecule has 58 valence electrons. The first kappa shape index (κ1) is 5.83. The van der Waals surface area contributed by atoms with Crippen LogP contribution in [0.5, 0.6) is 5.75 Å². The largest absolute Gasteiger partial charge is 0.500 e. The second-order valence-electron chi connectivity index (χ2n) is 2.72. The maximum Gasteiger partial charge on any atom is 0.251 e. The molecule has 0 bridgehead atoms. The molecule has 2 aromatic rings. The van der Waals surface area contributed by atoms with Crippen LogP contribution < -0.4 is 9.51 Å². The summed E-state index contributed by atoms with van der Waals surface area (Å²) in [4.78, 5) is 5.10. The first-order chi connectivity index (χ1) is 5.95. The summed E-state index contributed by atoms with van der Waals surface area (Å²) in [5.41, 5.74) is 4.90. The predicted molar refractivity (Wildman–Crippen MR) is 43.5 cm³/mol. The zero-order valence-electron chi connectivity index (χ0n) is 6.27. The smallest absolute Gasteiger partial charge is 0.251 e. The lowest BCUT2D eigenvalue weighted by Crippen LogP contribution is -2.25. The summed E-state index contributed by atoms with van der Waals surface area (Å²) in [5, 5.41) is 1.15. The van der Waals surface area contributed by atoms with Crippen molar-refractivity contribution in [3.05, 3.63) is 42.1 Å². The fourth-order valence-corrected chi connectivity index (χ4v) is 1.45. The molecule has 0 atom stereocenters. The lowest BCUT2D eigenvalue weighted by Gasteiger charge is -2.01. The quantitative estimate of drug-likeness (QED) is 0.535. The number of benzene rings is 1. The molecular formula is C9H6N2O. The Bertz CT molecular complexity index is 414. The molecule has 0 unspecified atom stereocenters. The molecule has 3 nitrogen and oxygen atoms in total. The summed E-state index contributed by atoms with van der Waals surface area (Å²) in [6.07, 6.45) is 1.87. The van der Waals surface area contributed by atoms with E-state index in [0.29, 0.717) is 0 Å². The zero-order valence-corrected chi connectivity index (χ0v) is 6.27. The van der Waals surface area contributed by atoms with Crippen molar-refractivity contribution in [1.29, 1.82) is 0 Å². The van der Waals surface area contributed by atoms with Crippen molar-refractivity contribution >= 4 is 10.9 Å². The number of aromatic nitrogens is 1. The van der Waals surface area contributed by atoms with Gasteiger partial charge in [-0.1, -0.05) is 6.07 Å². The SMILES string of the molecule is c1cc2c3c(c1)ccc[n+]3[N-]O2. The third-order valence-corrected chi connectivity index (χ3v) is 1.99. The van der Waals surface area contributed by atoms with Gasteiger partial charge in [0, 0.05) is 6.07 Å². The summed E-state index contributed by atoms with van der Waals surface area (Å²) in [6.45, 7) is 0. The standard InChI is InChI=1S/C9H6N2O/c1-3-7-4-2-6-11-9(7)8(5-1)12-10-11/h1-6H. The predicted octanol–water partition coefficient (Wildman–Crippen LogP) is 1.57. The number of hydrogen-bond donors (Lipinski definition) is 0. The third kappa shape index (κ3) is 0.580. The van der Waals surface area contributed by atoms with Crippen LogP contribution in [0.4, 0.5) is 0 Å². The van der Waals surface area contributed by atoms with Crippen LogP contribution in [0.2, 0.25) is 0 Å². The Morgan fingerprint density at radius 3 is 3.08 bits per heavy atom. The Hall–Kier alpha value is -1.77. The maximum absolute atomic E-state index is 5.10. The van der Waals surface area contributed by atoms with Crippen LogP contribution >= 0.6 is 0 Å². The van der Waals surface area contributed by atoms with Gasteiger partial charge in [-0.15, -0.1) is 0 Å². The lowest BCUT2D eigenvalue weighted by molar-refractivity contribution is -0.608. The average molecular weight is 158 g/mol. The summed E-state index contributed by atoms with van der Waals surface area (Å²) in [7, 11) is 0. The molecule has 0 amide bonds. The fourth-order valence-electron chi connectivity index (χ4n) is 1.45. The second kappa shape index (κ2) is 1.88. The van der Waals surface area contributed by atoms with Gasteiger partial charge < -0.3 is 4.84 Å². The second-order valence-corrected chi connectivity index (χ2v) is 2.72. The summed E-state index contributed by atoms with van der Waals surface area (Å²) in [5.74, 6) is 0.827. The van der Waals surface area contributed by atoms with E-state index in [-0.39, 0.29) is 0 Å². The van der Waals surface area contributed by atoms with Gasteiger partial charge in [0.2, 0.25) is 0 Å². The molecule has 1 aromatic heterocycles. The van der Waals surface area contributed by atoms with Gasteiger partial charge in [0.25, 0.3) is 5.52 Å². The normalized spacial score (nSPS) is 12.7. The Kier molecular flexibility index (Phi) is 0.913. The average Bonchev–Trinajstić information content (AvgIpc) is 2.52. The Balaban J connectivity index is 2.58. The number of rotatable bonds is 0. The highest BCUT2D eigenvalue weighted by Gasteiger charge is 2.14. The van der Waals surface area contributed by atoms with Gasteiger partial charge in [-0.3, -0.25) is 5.59 Å². The summed E-state index contributed by atoms with van der Waals surface area (Å²) < 4.78 is 1.74. The Morgan fingerprint density at radius 2 is 2.08 bits per heavy atom. The van der Waals surface area contributed by atoms with Crippen LogP contribution in [-0.2, 0) is 0 Å². The number of hydrogen-bond acceptors (Lipinski definition) is 1. The van der Waals surface area contributed by atoms with Gasteiger partial charge in [0.05, 0.1) is 5.39 Å². The highest BCUT2D eigenvalue weighted by atomic mass is 16.7. The fraction of sp³-hybridized carbons (Fsp3) is 0. The molecule has 1 aliphatic heterocycles. The molecule has 0 spiro atoms. The van der Waals surface area contributed by atoms with Crippen molar-refractivity contribution in [2.45, 2.75) is 0 Å². The van der Waals surface area contributed by atoms with E-state index in [1.165, 1.54) is 0 Å². The summed E-state index contributed by atoms with van der Waals surface area (Å²) in [6, 6.07) is 9.90. The lowest BCUT2D eigenvalue weighted by atomic mass is 10.2. The van der Waals surface area contributed by atoms with Gasteiger partial charge in [0.1, 0.15) is 0 Å². The van der Waals surface area contributed by atoms with Gasteiger partial charge >= 0.3 is 0 Å². The van der Waals surface area contributed by atoms with E-state index in [2.05, 4.69) is 5.59 Å². The van der Waals surface area contributed by atoms with Crippen molar-refractivity contribution in [3.8, 4) is 5.75 Å². The molecule has 2 heterocycles. The zero-order chi connectivity index (χ0) is 7.97. The van der Waals surface area contributed by atoms with Crippen LogP contribution in [0.3, 0.4) is 0 Å². The molecule has 0 saturated carbocycles. The van der Waals surface area contributed by atoms with Crippen LogP contribution in [0.1, 0.15) is 0 Å². The minimum atomic E-state index is 0.827. The molecule has 0 radical (unpaired) electrons. The van der Waals surface area contributed by atoms with Crippen molar-refractivity contribution < 1.29 is 9.51 Å². The molecule has 1 aromatic carbocycles. The molecular weight excluding hydrogens is 152 g/mol. The monoisotopic (exact) mass is 158 g/mol. The van der Waals surface area contributed by atoms with Gasteiger partial charge in [-0.2, -0.15) is 0 Å². The van der Waals surface area contributed by atoms with Crippen molar-refractivity contribution in [3.63, 3.8) is 0 Å². The third-order valence-electron chi connectivity index (χ3n) is 1.99. The minimum absolute atomic E-state index is 0.827. The molecule has 12 heavy (non-hydrogen) atoms. The van der Waals surface area contributed by atoms with Crippen molar-refractivity contribution in [2.75, 3.05) is 0 Å². The van der Waals surface area contributed by atoms with Crippen molar-refractivity contribution in [1.82, 2.24) is 0 Å².